The molecule has 1 aromatic carbocycles. The smallest absolute Gasteiger partial charge is 0.285 e. The largest absolute Gasteiger partial charge is 0.487 e. The maximum atomic E-state index is 12.9. The van der Waals surface area contributed by atoms with Crippen molar-refractivity contribution in [3.63, 3.8) is 0 Å². The molecule has 1 N–H and O–H groups in total. The normalized spacial score (nSPS) is 11.0. The third-order valence-corrected chi connectivity index (χ3v) is 5.24. The van der Waals surface area contributed by atoms with Crippen LogP contribution in [0, 0.1) is 12.7 Å². The van der Waals surface area contributed by atoms with E-state index in [2.05, 4.69) is 10.5 Å². The fourth-order valence-electron chi connectivity index (χ4n) is 2.04. The second-order valence-electron chi connectivity index (χ2n) is 5.20. The topological polar surface area (TPSA) is 50.7 Å². The molecule has 1 amide bonds. The van der Waals surface area contributed by atoms with Crippen molar-refractivity contribution in [3.05, 3.63) is 73.9 Å². The van der Waals surface area contributed by atoms with Crippen LogP contribution in [0.1, 0.15) is 25.7 Å². The highest BCUT2D eigenvalue weighted by atomic mass is 32.1. The maximum absolute atomic E-state index is 12.9. The van der Waals surface area contributed by atoms with Gasteiger partial charge in [0.25, 0.3) is 5.91 Å². The van der Waals surface area contributed by atoms with E-state index in [4.69, 9.17) is 4.74 Å². The number of benzene rings is 1. The molecule has 4 nitrogen and oxygen atoms in total. The lowest BCUT2D eigenvalue weighted by Crippen LogP contribution is -2.17. The molecule has 128 valence electrons. The van der Waals surface area contributed by atoms with Crippen LogP contribution in [0.15, 0.2) is 52.3 Å². The summed E-state index contributed by atoms with van der Waals surface area (Å²) in [6.45, 7) is 2.25. The summed E-state index contributed by atoms with van der Waals surface area (Å²) in [7, 11) is 0. The van der Waals surface area contributed by atoms with Crippen molar-refractivity contribution in [3.8, 4) is 5.75 Å². The van der Waals surface area contributed by atoms with Gasteiger partial charge in [0.05, 0.1) is 6.21 Å². The molecule has 0 aliphatic rings. The summed E-state index contributed by atoms with van der Waals surface area (Å²) >= 11 is 2.84. The molecular formula is C18H15FN2O2S2. The molecule has 7 heteroatoms. The molecule has 0 spiro atoms. The second-order valence-corrected chi connectivity index (χ2v) is 7.06. The van der Waals surface area contributed by atoms with Crippen molar-refractivity contribution >= 4 is 34.8 Å². The zero-order valence-corrected chi connectivity index (χ0v) is 15.0. The monoisotopic (exact) mass is 374 g/mol. The molecule has 0 bridgehead atoms. The molecule has 25 heavy (non-hydrogen) atoms. The van der Waals surface area contributed by atoms with Gasteiger partial charge in [-0.15, -0.1) is 22.7 Å². The van der Waals surface area contributed by atoms with Gasteiger partial charge in [-0.3, -0.25) is 4.79 Å². The van der Waals surface area contributed by atoms with Gasteiger partial charge in [-0.05, 0) is 53.1 Å². The Morgan fingerprint density at radius 1 is 1.20 bits per heavy atom. The number of nitrogens with one attached hydrogen (secondary N) is 1. The van der Waals surface area contributed by atoms with Gasteiger partial charge in [-0.25, -0.2) is 9.82 Å². The molecule has 0 fully saturated rings. The minimum absolute atomic E-state index is 0.259. The number of hydrogen-bond donors (Lipinski definition) is 1. The van der Waals surface area contributed by atoms with Crippen LogP contribution in [0.5, 0.6) is 5.75 Å². The number of hydrogen-bond acceptors (Lipinski definition) is 5. The molecule has 0 unspecified atom stereocenters. The van der Waals surface area contributed by atoms with E-state index >= 15 is 0 Å². The molecular weight excluding hydrogens is 359 g/mol. The quantitative estimate of drug-likeness (QED) is 0.506. The van der Waals surface area contributed by atoms with Crippen molar-refractivity contribution in [2.75, 3.05) is 0 Å². The maximum Gasteiger partial charge on any atom is 0.285 e. The Morgan fingerprint density at radius 3 is 2.68 bits per heavy atom. The Hall–Kier alpha value is -2.51. The van der Waals surface area contributed by atoms with Crippen LogP contribution in [-0.2, 0) is 6.61 Å². The van der Waals surface area contributed by atoms with Gasteiger partial charge < -0.3 is 4.74 Å². The Bertz CT molecular complexity index is 885. The van der Waals surface area contributed by atoms with Crippen molar-refractivity contribution in [1.29, 1.82) is 0 Å². The summed E-state index contributed by atoms with van der Waals surface area (Å²) in [5, 5.41) is 7.75. The van der Waals surface area contributed by atoms with Gasteiger partial charge in [0.15, 0.2) is 0 Å². The summed E-state index contributed by atoms with van der Waals surface area (Å²) in [5.74, 6) is -0.137. The average Bonchev–Trinajstić information content (AvgIpc) is 3.23. The van der Waals surface area contributed by atoms with E-state index in [1.54, 1.807) is 41.1 Å². The number of hydrazone groups is 1. The van der Waals surface area contributed by atoms with E-state index in [1.807, 2.05) is 18.4 Å². The molecule has 0 aliphatic carbocycles. The third kappa shape index (κ3) is 4.52. The highest BCUT2D eigenvalue weighted by Gasteiger charge is 2.14. The van der Waals surface area contributed by atoms with Gasteiger partial charge >= 0.3 is 0 Å². The number of amides is 1. The molecule has 0 saturated heterocycles. The summed E-state index contributed by atoms with van der Waals surface area (Å²) in [6, 6.07) is 9.78. The molecule has 2 aromatic heterocycles. The van der Waals surface area contributed by atoms with Crippen LogP contribution in [0.3, 0.4) is 0 Å². The van der Waals surface area contributed by atoms with Crippen molar-refractivity contribution in [2.24, 2.45) is 5.10 Å². The van der Waals surface area contributed by atoms with Crippen molar-refractivity contribution < 1.29 is 13.9 Å². The zero-order chi connectivity index (χ0) is 17.6. The zero-order valence-electron chi connectivity index (χ0n) is 13.4. The molecule has 2 heterocycles. The van der Waals surface area contributed by atoms with Crippen molar-refractivity contribution in [2.45, 2.75) is 13.5 Å². The van der Waals surface area contributed by atoms with Gasteiger partial charge in [-0.2, -0.15) is 5.10 Å². The fourth-order valence-corrected chi connectivity index (χ4v) is 3.55. The summed E-state index contributed by atoms with van der Waals surface area (Å²) in [6.07, 6.45) is 1.63. The Labute approximate surface area is 152 Å². The van der Waals surface area contributed by atoms with Gasteiger partial charge in [0.2, 0.25) is 0 Å². The van der Waals surface area contributed by atoms with E-state index in [0.29, 0.717) is 10.6 Å². The lowest BCUT2D eigenvalue weighted by Gasteiger charge is -2.06. The van der Waals surface area contributed by atoms with Gasteiger partial charge in [0, 0.05) is 4.88 Å². The fraction of sp³-hybridized carbons (Fsp3) is 0.111. The van der Waals surface area contributed by atoms with Crippen LogP contribution >= 0.6 is 22.7 Å². The van der Waals surface area contributed by atoms with E-state index in [-0.39, 0.29) is 18.3 Å². The number of carbonyl (C=O) groups excluding carboxylic acids is 1. The van der Waals surface area contributed by atoms with Gasteiger partial charge in [-0.1, -0.05) is 12.1 Å². The van der Waals surface area contributed by atoms with Crippen LogP contribution in [0.2, 0.25) is 0 Å². The first kappa shape index (κ1) is 17.3. The van der Waals surface area contributed by atoms with Gasteiger partial charge in [0.1, 0.15) is 23.1 Å². The van der Waals surface area contributed by atoms with E-state index in [1.165, 1.54) is 23.5 Å². The number of ether oxygens (including phenoxy) is 1. The highest BCUT2D eigenvalue weighted by Crippen LogP contribution is 2.25. The Morgan fingerprint density at radius 2 is 1.96 bits per heavy atom. The molecule has 0 aliphatic heterocycles. The lowest BCUT2D eigenvalue weighted by molar-refractivity contribution is 0.0955. The predicted octanol–water partition coefficient (Wildman–Crippen LogP) is 4.60. The number of thiophene rings is 2. The SMILES string of the molecule is Cc1ccsc1/C=N\NC(=O)c1sccc1OCc1ccc(F)cc1. The standard InChI is InChI=1S/C18H15FN2O2S2/c1-12-6-8-24-16(12)10-20-21-18(22)17-15(7-9-25-17)23-11-13-2-4-14(19)5-3-13/h2-10H,11H2,1H3,(H,21,22)/b20-10-. The first-order valence-corrected chi connectivity index (χ1v) is 9.21. The molecule has 0 radical (unpaired) electrons. The minimum Gasteiger partial charge on any atom is -0.487 e. The number of carbonyl (C=O) groups is 1. The lowest BCUT2D eigenvalue weighted by atomic mass is 10.2. The molecule has 0 atom stereocenters. The third-order valence-electron chi connectivity index (χ3n) is 3.39. The number of aryl methyl sites for hydroxylation is 1. The second kappa shape index (κ2) is 8.04. The number of rotatable bonds is 6. The summed E-state index contributed by atoms with van der Waals surface area (Å²) in [5.41, 5.74) is 4.45. The van der Waals surface area contributed by atoms with Crippen molar-refractivity contribution in [1.82, 2.24) is 5.43 Å². The Balaban J connectivity index is 1.60. The van der Waals surface area contributed by atoms with Crippen LogP contribution in [0.4, 0.5) is 4.39 Å². The van der Waals surface area contributed by atoms with Crippen LogP contribution in [0.25, 0.3) is 0 Å². The highest BCUT2D eigenvalue weighted by molar-refractivity contribution is 7.12. The summed E-state index contributed by atoms with van der Waals surface area (Å²) < 4.78 is 18.6. The van der Waals surface area contributed by atoms with Crippen LogP contribution in [-0.4, -0.2) is 12.1 Å². The number of nitrogens with zero attached hydrogens (tertiary/aromatic N) is 1. The molecule has 0 saturated carbocycles. The summed E-state index contributed by atoms with van der Waals surface area (Å²) in [4.78, 5) is 13.7. The number of halogens is 1. The van der Waals surface area contributed by atoms with E-state index in [9.17, 15) is 9.18 Å². The van der Waals surface area contributed by atoms with E-state index in [0.717, 1.165) is 16.0 Å². The van der Waals surface area contributed by atoms with E-state index < -0.39 is 0 Å². The average molecular weight is 374 g/mol. The first-order chi connectivity index (χ1) is 12.1. The molecule has 3 aromatic rings. The predicted molar refractivity (Wildman–Crippen MR) is 99.2 cm³/mol. The molecule has 3 rings (SSSR count). The minimum atomic E-state index is -0.324. The van der Waals surface area contributed by atoms with Crippen LogP contribution < -0.4 is 10.2 Å². The first-order valence-electron chi connectivity index (χ1n) is 7.45. The Kier molecular flexibility index (Phi) is 5.57.